The second-order valence-corrected chi connectivity index (χ2v) is 2.55. The standard InChI is InChI=1S/C8H7F4N/c9-3-7(13)5-1-4(10)2-6(11)8(5)12/h1-2,7H,3,13H2. The molecule has 1 aromatic carbocycles. The zero-order valence-corrected chi connectivity index (χ0v) is 6.53. The van der Waals surface area contributed by atoms with Crippen LogP contribution in [-0.4, -0.2) is 6.67 Å². The molecule has 0 fully saturated rings. The van der Waals surface area contributed by atoms with Crippen molar-refractivity contribution in [3.05, 3.63) is 35.1 Å². The maximum absolute atomic E-state index is 12.8. The monoisotopic (exact) mass is 193 g/mol. The summed E-state index contributed by atoms with van der Waals surface area (Å²) in [4.78, 5) is 0. The van der Waals surface area contributed by atoms with Crippen LogP contribution in [0.15, 0.2) is 12.1 Å². The van der Waals surface area contributed by atoms with E-state index in [2.05, 4.69) is 0 Å². The predicted octanol–water partition coefficient (Wildman–Crippen LogP) is 2.07. The van der Waals surface area contributed by atoms with Crippen molar-refractivity contribution in [3.8, 4) is 0 Å². The van der Waals surface area contributed by atoms with Crippen molar-refractivity contribution in [1.82, 2.24) is 0 Å². The van der Waals surface area contributed by atoms with Gasteiger partial charge in [-0.3, -0.25) is 0 Å². The van der Waals surface area contributed by atoms with Crippen LogP contribution in [0.1, 0.15) is 11.6 Å². The Hall–Kier alpha value is -1.10. The summed E-state index contributed by atoms with van der Waals surface area (Å²) in [5.74, 6) is -3.64. The van der Waals surface area contributed by atoms with E-state index in [0.717, 1.165) is 0 Å². The molecule has 13 heavy (non-hydrogen) atoms. The number of alkyl halides is 1. The van der Waals surface area contributed by atoms with E-state index in [-0.39, 0.29) is 0 Å². The Labute approximate surface area is 72.2 Å². The van der Waals surface area contributed by atoms with E-state index in [4.69, 9.17) is 5.73 Å². The first kappa shape index (κ1) is 9.98. The highest BCUT2D eigenvalue weighted by Crippen LogP contribution is 2.19. The number of rotatable bonds is 2. The first-order chi connectivity index (χ1) is 6.06. The highest BCUT2D eigenvalue weighted by Gasteiger charge is 2.16. The molecule has 5 heteroatoms. The fraction of sp³-hybridized carbons (Fsp3) is 0.250. The minimum atomic E-state index is -1.36. The van der Waals surface area contributed by atoms with Crippen LogP contribution in [0.5, 0.6) is 0 Å². The van der Waals surface area contributed by atoms with Gasteiger partial charge in [-0.1, -0.05) is 0 Å². The van der Waals surface area contributed by atoms with Crippen molar-refractivity contribution in [2.24, 2.45) is 5.73 Å². The van der Waals surface area contributed by atoms with Gasteiger partial charge in [-0.05, 0) is 6.07 Å². The molecule has 0 radical (unpaired) electrons. The van der Waals surface area contributed by atoms with Gasteiger partial charge in [0, 0.05) is 11.6 Å². The summed E-state index contributed by atoms with van der Waals surface area (Å²) >= 11 is 0. The molecule has 1 nitrogen and oxygen atoms in total. The first-order valence-electron chi connectivity index (χ1n) is 3.52. The van der Waals surface area contributed by atoms with Gasteiger partial charge >= 0.3 is 0 Å². The lowest BCUT2D eigenvalue weighted by Crippen LogP contribution is -2.15. The third-order valence-electron chi connectivity index (χ3n) is 1.59. The number of hydrogen-bond donors (Lipinski definition) is 1. The quantitative estimate of drug-likeness (QED) is 0.564. The molecule has 1 aromatic rings. The zero-order chi connectivity index (χ0) is 10.0. The van der Waals surface area contributed by atoms with Crippen LogP contribution in [-0.2, 0) is 0 Å². The Bertz CT molecular complexity index is 313. The summed E-state index contributed by atoms with van der Waals surface area (Å²) in [6.07, 6.45) is 0. The largest absolute Gasteiger partial charge is 0.322 e. The normalized spacial score (nSPS) is 13.0. The number of benzene rings is 1. The zero-order valence-electron chi connectivity index (χ0n) is 6.53. The van der Waals surface area contributed by atoms with Gasteiger partial charge < -0.3 is 5.73 Å². The summed E-state index contributed by atoms with van der Waals surface area (Å²) in [5, 5.41) is 0. The molecule has 1 rings (SSSR count). The second kappa shape index (κ2) is 3.74. The maximum atomic E-state index is 12.8. The molecule has 0 heterocycles. The smallest absolute Gasteiger partial charge is 0.163 e. The van der Waals surface area contributed by atoms with Crippen molar-refractivity contribution in [2.75, 3.05) is 6.67 Å². The molecule has 1 atom stereocenters. The third-order valence-corrected chi connectivity index (χ3v) is 1.59. The molecular formula is C8H7F4N. The minimum Gasteiger partial charge on any atom is -0.322 e. The van der Waals surface area contributed by atoms with Crippen LogP contribution in [0, 0.1) is 17.5 Å². The van der Waals surface area contributed by atoms with Crippen LogP contribution >= 0.6 is 0 Å². The molecule has 0 bridgehead atoms. The molecule has 0 saturated heterocycles. The molecule has 1 unspecified atom stereocenters. The van der Waals surface area contributed by atoms with Gasteiger partial charge in [-0.15, -0.1) is 0 Å². The number of hydrogen-bond acceptors (Lipinski definition) is 1. The lowest BCUT2D eigenvalue weighted by atomic mass is 10.1. The Kier molecular flexibility index (Phi) is 2.87. The topological polar surface area (TPSA) is 26.0 Å². The first-order valence-corrected chi connectivity index (χ1v) is 3.52. The van der Waals surface area contributed by atoms with Gasteiger partial charge in [0.05, 0.1) is 6.04 Å². The van der Waals surface area contributed by atoms with E-state index in [1.165, 1.54) is 0 Å². The summed E-state index contributed by atoms with van der Waals surface area (Å²) in [6, 6.07) is -0.267. The molecule has 0 aliphatic rings. The average molecular weight is 193 g/mol. The van der Waals surface area contributed by atoms with Crippen molar-refractivity contribution in [2.45, 2.75) is 6.04 Å². The maximum Gasteiger partial charge on any atom is 0.163 e. The number of nitrogens with two attached hydrogens (primary N) is 1. The van der Waals surface area contributed by atoms with Gasteiger partial charge in [0.25, 0.3) is 0 Å². The molecule has 0 aromatic heterocycles. The fourth-order valence-corrected chi connectivity index (χ4v) is 0.929. The van der Waals surface area contributed by atoms with Gasteiger partial charge in [-0.2, -0.15) is 0 Å². The van der Waals surface area contributed by atoms with Gasteiger partial charge in [-0.25, -0.2) is 17.6 Å². The molecule has 0 spiro atoms. The summed E-state index contributed by atoms with van der Waals surface area (Å²) < 4.78 is 49.9. The van der Waals surface area contributed by atoms with Crippen molar-refractivity contribution < 1.29 is 17.6 Å². The Morgan fingerprint density at radius 1 is 1.23 bits per heavy atom. The van der Waals surface area contributed by atoms with Crippen LogP contribution in [0.3, 0.4) is 0 Å². The van der Waals surface area contributed by atoms with E-state index in [9.17, 15) is 17.6 Å². The van der Waals surface area contributed by atoms with E-state index in [0.29, 0.717) is 12.1 Å². The highest BCUT2D eigenvalue weighted by molar-refractivity contribution is 5.23. The van der Waals surface area contributed by atoms with Crippen LogP contribution in [0.25, 0.3) is 0 Å². The van der Waals surface area contributed by atoms with Gasteiger partial charge in [0.1, 0.15) is 12.5 Å². The Balaban J connectivity index is 3.20. The lowest BCUT2D eigenvalue weighted by Gasteiger charge is -2.08. The van der Waals surface area contributed by atoms with Gasteiger partial charge in [0.2, 0.25) is 0 Å². The van der Waals surface area contributed by atoms with E-state index in [1.54, 1.807) is 0 Å². The average Bonchev–Trinajstić information content (AvgIpc) is 2.10. The number of halogens is 4. The van der Waals surface area contributed by atoms with Crippen LogP contribution < -0.4 is 5.73 Å². The molecule has 2 N–H and O–H groups in total. The minimum absolute atomic E-state index is 0.379. The fourth-order valence-electron chi connectivity index (χ4n) is 0.929. The molecule has 0 saturated carbocycles. The second-order valence-electron chi connectivity index (χ2n) is 2.55. The molecule has 0 aliphatic carbocycles. The molecule has 0 aliphatic heterocycles. The summed E-state index contributed by atoms with van der Waals surface area (Å²) in [5.41, 5.74) is 4.60. The Morgan fingerprint density at radius 3 is 2.38 bits per heavy atom. The lowest BCUT2D eigenvalue weighted by molar-refractivity contribution is 0.413. The van der Waals surface area contributed by atoms with Crippen molar-refractivity contribution in [3.63, 3.8) is 0 Å². The van der Waals surface area contributed by atoms with Crippen LogP contribution in [0.2, 0.25) is 0 Å². The molecule has 72 valence electrons. The SMILES string of the molecule is NC(CF)c1cc(F)cc(F)c1F. The van der Waals surface area contributed by atoms with E-state index < -0.39 is 35.7 Å². The van der Waals surface area contributed by atoms with Crippen LogP contribution in [0.4, 0.5) is 17.6 Å². The summed E-state index contributed by atoms with van der Waals surface area (Å²) in [6.45, 7) is -1.07. The van der Waals surface area contributed by atoms with E-state index in [1.807, 2.05) is 0 Å². The third kappa shape index (κ3) is 1.98. The Morgan fingerprint density at radius 2 is 1.85 bits per heavy atom. The van der Waals surface area contributed by atoms with Crippen molar-refractivity contribution >= 4 is 0 Å². The van der Waals surface area contributed by atoms with E-state index >= 15 is 0 Å². The molecule has 0 amide bonds. The van der Waals surface area contributed by atoms with Gasteiger partial charge in [0.15, 0.2) is 11.6 Å². The summed E-state index contributed by atoms with van der Waals surface area (Å²) in [7, 11) is 0. The highest BCUT2D eigenvalue weighted by atomic mass is 19.2. The molecular weight excluding hydrogens is 186 g/mol. The van der Waals surface area contributed by atoms with Crippen molar-refractivity contribution in [1.29, 1.82) is 0 Å². The predicted molar refractivity (Wildman–Crippen MR) is 39.2 cm³/mol.